The second kappa shape index (κ2) is 6.63. The zero-order valence-electron chi connectivity index (χ0n) is 11.2. The summed E-state index contributed by atoms with van der Waals surface area (Å²) in [6.07, 6.45) is 6.16. The highest BCUT2D eigenvalue weighted by atomic mass is 15.3. The Balaban J connectivity index is 1.95. The third kappa shape index (κ3) is 4.17. The lowest BCUT2D eigenvalue weighted by atomic mass is 10.3. The summed E-state index contributed by atoms with van der Waals surface area (Å²) in [6, 6.07) is 4.25. The van der Waals surface area contributed by atoms with Gasteiger partial charge in [-0.3, -0.25) is 4.98 Å². The summed E-state index contributed by atoms with van der Waals surface area (Å²) >= 11 is 0. The molecule has 0 spiro atoms. The Hall–Kier alpha value is -2.24. The van der Waals surface area contributed by atoms with Gasteiger partial charge in [-0.25, -0.2) is 0 Å². The lowest BCUT2D eigenvalue weighted by molar-refractivity contribution is 0.746. The largest absolute Gasteiger partial charge is 0.365 e. The van der Waals surface area contributed by atoms with E-state index in [4.69, 9.17) is 0 Å². The number of pyridine rings is 1. The van der Waals surface area contributed by atoms with E-state index in [1.54, 1.807) is 18.6 Å². The molecular formula is C13H18N6. The Morgan fingerprint density at radius 2 is 2.05 bits per heavy atom. The minimum Gasteiger partial charge on any atom is -0.365 e. The molecule has 0 saturated heterocycles. The van der Waals surface area contributed by atoms with Crippen molar-refractivity contribution in [1.82, 2.24) is 20.2 Å². The van der Waals surface area contributed by atoms with Crippen molar-refractivity contribution in [3.63, 3.8) is 0 Å². The fraction of sp³-hybridized carbons (Fsp3) is 0.385. The van der Waals surface area contributed by atoms with Crippen LogP contribution >= 0.6 is 0 Å². The van der Waals surface area contributed by atoms with Crippen molar-refractivity contribution in [2.75, 3.05) is 10.6 Å². The number of hydrogen-bond donors (Lipinski definition) is 2. The van der Waals surface area contributed by atoms with E-state index in [9.17, 15) is 0 Å². The van der Waals surface area contributed by atoms with Crippen LogP contribution in [-0.4, -0.2) is 26.2 Å². The molecule has 0 fully saturated rings. The van der Waals surface area contributed by atoms with E-state index in [1.807, 2.05) is 12.1 Å². The molecule has 1 unspecified atom stereocenters. The van der Waals surface area contributed by atoms with Crippen LogP contribution in [0.4, 0.5) is 11.8 Å². The summed E-state index contributed by atoms with van der Waals surface area (Å²) in [4.78, 5) is 8.35. The summed E-state index contributed by atoms with van der Waals surface area (Å²) in [5.74, 6) is 1.26. The normalized spacial score (nSPS) is 11.9. The highest BCUT2D eigenvalue weighted by molar-refractivity contribution is 5.38. The second-order valence-electron chi connectivity index (χ2n) is 4.33. The molecule has 0 aliphatic rings. The molecule has 0 aromatic carbocycles. The summed E-state index contributed by atoms with van der Waals surface area (Å²) < 4.78 is 0. The van der Waals surface area contributed by atoms with Crippen molar-refractivity contribution in [3.8, 4) is 0 Å². The monoisotopic (exact) mass is 258 g/mol. The van der Waals surface area contributed by atoms with Crippen molar-refractivity contribution >= 4 is 11.8 Å². The van der Waals surface area contributed by atoms with E-state index in [0.29, 0.717) is 24.4 Å². The van der Waals surface area contributed by atoms with Crippen LogP contribution in [0.15, 0.2) is 30.7 Å². The van der Waals surface area contributed by atoms with Crippen LogP contribution < -0.4 is 10.6 Å². The topological polar surface area (TPSA) is 75.6 Å². The van der Waals surface area contributed by atoms with Gasteiger partial charge in [-0.1, -0.05) is 6.92 Å². The van der Waals surface area contributed by atoms with Crippen LogP contribution in [0.2, 0.25) is 0 Å². The van der Waals surface area contributed by atoms with Crippen molar-refractivity contribution in [1.29, 1.82) is 0 Å². The fourth-order valence-electron chi connectivity index (χ4n) is 1.47. The molecule has 6 heteroatoms. The molecule has 0 aliphatic carbocycles. The van der Waals surface area contributed by atoms with Gasteiger partial charge in [0, 0.05) is 25.0 Å². The Morgan fingerprint density at radius 3 is 2.79 bits per heavy atom. The SMILES string of the molecule is CCC(C)Nc1nncc(NCc2ccncc2)n1. The van der Waals surface area contributed by atoms with Gasteiger partial charge in [0.1, 0.15) is 0 Å². The third-order valence-electron chi connectivity index (χ3n) is 2.77. The third-order valence-corrected chi connectivity index (χ3v) is 2.77. The Labute approximate surface area is 112 Å². The summed E-state index contributed by atoms with van der Waals surface area (Å²) in [5.41, 5.74) is 1.14. The maximum absolute atomic E-state index is 4.36. The van der Waals surface area contributed by atoms with Gasteiger partial charge < -0.3 is 10.6 Å². The molecule has 0 saturated carbocycles. The molecule has 2 aromatic rings. The van der Waals surface area contributed by atoms with E-state index in [2.05, 4.69) is 44.6 Å². The molecule has 2 rings (SSSR count). The average Bonchev–Trinajstić information content (AvgIpc) is 2.46. The van der Waals surface area contributed by atoms with Crippen molar-refractivity contribution < 1.29 is 0 Å². The average molecular weight is 258 g/mol. The quantitative estimate of drug-likeness (QED) is 0.826. The minimum atomic E-state index is 0.331. The Kier molecular flexibility index (Phi) is 4.60. The van der Waals surface area contributed by atoms with Crippen LogP contribution in [0.3, 0.4) is 0 Å². The first-order chi connectivity index (χ1) is 9.28. The van der Waals surface area contributed by atoms with Crippen LogP contribution in [0.25, 0.3) is 0 Å². The first-order valence-corrected chi connectivity index (χ1v) is 6.37. The second-order valence-corrected chi connectivity index (χ2v) is 4.33. The van der Waals surface area contributed by atoms with E-state index in [1.165, 1.54) is 0 Å². The molecule has 2 N–H and O–H groups in total. The first kappa shape index (κ1) is 13.2. The predicted molar refractivity (Wildman–Crippen MR) is 74.8 cm³/mol. The van der Waals surface area contributed by atoms with Crippen LogP contribution in [0.5, 0.6) is 0 Å². The van der Waals surface area contributed by atoms with E-state index in [0.717, 1.165) is 12.0 Å². The number of aromatic nitrogens is 4. The summed E-state index contributed by atoms with van der Waals surface area (Å²) in [6.45, 7) is 4.88. The van der Waals surface area contributed by atoms with Crippen molar-refractivity contribution in [2.45, 2.75) is 32.9 Å². The molecule has 2 aromatic heterocycles. The van der Waals surface area contributed by atoms with E-state index < -0.39 is 0 Å². The molecule has 100 valence electrons. The van der Waals surface area contributed by atoms with Crippen LogP contribution in [0.1, 0.15) is 25.8 Å². The standard InChI is InChI=1S/C13H18N6/c1-3-10(2)17-13-18-12(9-16-19-13)15-8-11-4-6-14-7-5-11/h4-7,9-10H,3,8H2,1-2H3,(H2,15,17,18,19). The van der Waals surface area contributed by atoms with Gasteiger partial charge >= 0.3 is 0 Å². The molecule has 0 radical (unpaired) electrons. The number of nitrogens with one attached hydrogen (secondary N) is 2. The summed E-state index contributed by atoms with van der Waals surface area (Å²) in [7, 11) is 0. The molecule has 0 amide bonds. The van der Waals surface area contributed by atoms with Crippen LogP contribution in [-0.2, 0) is 6.54 Å². The van der Waals surface area contributed by atoms with Gasteiger partial charge in [0.25, 0.3) is 0 Å². The lowest BCUT2D eigenvalue weighted by Crippen LogP contribution is -2.16. The smallest absolute Gasteiger partial charge is 0.244 e. The van der Waals surface area contributed by atoms with Gasteiger partial charge in [-0.05, 0) is 31.0 Å². The fourth-order valence-corrected chi connectivity index (χ4v) is 1.47. The Morgan fingerprint density at radius 1 is 1.26 bits per heavy atom. The van der Waals surface area contributed by atoms with Gasteiger partial charge in [0.15, 0.2) is 5.82 Å². The number of rotatable bonds is 6. The molecule has 0 aliphatic heterocycles. The molecule has 2 heterocycles. The first-order valence-electron chi connectivity index (χ1n) is 6.37. The maximum atomic E-state index is 4.36. The predicted octanol–water partition coefficient (Wildman–Crippen LogP) is 2.09. The van der Waals surface area contributed by atoms with Gasteiger partial charge in [-0.15, -0.1) is 5.10 Å². The van der Waals surface area contributed by atoms with Crippen LogP contribution in [0, 0.1) is 0 Å². The van der Waals surface area contributed by atoms with E-state index in [-0.39, 0.29) is 0 Å². The number of nitrogens with zero attached hydrogens (tertiary/aromatic N) is 4. The van der Waals surface area contributed by atoms with Gasteiger partial charge in [0.05, 0.1) is 6.20 Å². The summed E-state index contributed by atoms with van der Waals surface area (Å²) in [5, 5.41) is 14.3. The number of hydrogen-bond acceptors (Lipinski definition) is 6. The molecular weight excluding hydrogens is 240 g/mol. The molecule has 19 heavy (non-hydrogen) atoms. The zero-order valence-corrected chi connectivity index (χ0v) is 11.2. The minimum absolute atomic E-state index is 0.331. The highest BCUT2D eigenvalue weighted by Crippen LogP contribution is 2.07. The number of anilines is 2. The highest BCUT2D eigenvalue weighted by Gasteiger charge is 2.03. The van der Waals surface area contributed by atoms with E-state index >= 15 is 0 Å². The molecule has 1 atom stereocenters. The van der Waals surface area contributed by atoms with Gasteiger partial charge in [-0.2, -0.15) is 10.1 Å². The van der Waals surface area contributed by atoms with Crippen molar-refractivity contribution in [2.24, 2.45) is 0 Å². The zero-order chi connectivity index (χ0) is 13.5. The maximum Gasteiger partial charge on any atom is 0.244 e. The molecule has 6 nitrogen and oxygen atoms in total. The lowest BCUT2D eigenvalue weighted by Gasteiger charge is -2.11. The van der Waals surface area contributed by atoms with Crippen molar-refractivity contribution in [3.05, 3.63) is 36.3 Å². The Bertz CT molecular complexity index is 501. The van der Waals surface area contributed by atoms with Gasteiger partial charge in [0.2, 0.25) is 5.95 Å². The molecule has 0 bridgehead atoms.